The first kappa shape index (κ1) is 14.6. The van der Waals surface area contributed by atoms with Crippen LogP contribution in [0.5, 0.6) is 0 Å². The molecule has 20 heavy (non-hydrogen) atoms. The number of rotatable bonds is 4. The zero-order valence-electron chi connectivity index (χ0n) is 12.7. The van der Waals surface area contributed by atoms with Crippen LogP contribution in [-0.2, 0) is 16.8 Å². The summed E-state index contributed by atoms with van der Waals surface area (Å²) in [6.45, 7) is 8.91. The summed E-state index contributed by atoms with van der Waals surface area (Å²) in [5, 5.41) is 6.04. The second-order valence-corrected chi connectivity index (χ2v) is 5.84. The second kappa shape index (κ2) is 5.65. The number of nitrogens with one attached hydrogen (secondary N) is 2. The van der Waals surface area contributed by atoms with Crippen molar-refractivity contribution in [2.45, 2.75) is 39.7 Å². The van der Waals surface area contributed by atoms with E-state index in [1.165, 1.54) is 5.56 Å². The highest BCUT2D eigenvalue weighted by atomic mass is 16.2. The molecule has 1 atom stereocenters. The molecule has 0 bridgehead atoms. The monoisotopic (exact) mass is 273 g/mol. The van der Waals surface area contributed by atoms with Crippen molar-refractivity contribution in [2.75, 3.05) is 6.54 Å². The van der Waals surface area contributed by atoms with E-state index >= 15 is 0 Å². The molecule has 1 aliphatic rings. The van der Waals surface area contributed by atoms with Crippen LogP contribution in [-0.4, -0.2) is 18.4 Å². The van der Waals surface area contributed by atoms with E-state index in [4.69, 9.17) is 0 Å². The summed E-state index contributed by atoms with van der Waals surface area (Å²) in [5.41, 5.74) is 1.49. The molecule has 0 aliphatic carbocycles. The molecule has 108 valence electrons. The number of nitrogens with zero attached hydrogens (tertiary/aromatic N) is 1. The van der Waals surface area contributed by atoms with Gasteiger partial charge in [0.25, 0.3) is 5.91 Å². The highest BCUT2D eigenvalue weighted by molar-refractivity contribution is 6.09. The molecule has 4 nitrogen and oxygen atoms in total. The van der Waals surface area contributed by atoms with E-state index in [1.54, 1.807) is 0 Å². The van der Waals surface area contributed by atoms with E-state index in [-0.39, 0.29) is 5.91 Å². The zero-order chi connectivity index (χ0) is 14.8. The minimum atomic E-state index is -0.734. The predicted octanol–water partition coefficient (Wildman–Crippen LogP) is 2.20. The fraction of sp³-hybridized carbons (Fsp3) is 0.500. The molecule has 1 saturated heterocycles. The number of aryl methyl sites for hydroxylation is 1. The molecule has 0 saturated carbocycles. The van der Waals surface area contributed by atoms with Crippen LogP contribution < -0.4 is 10.6 Å². The topological polar surface area (TPSA) is 53.5 Å². The molecule has 4 heteroatoms. The molecule has 1 unspecified atom stereocenters. The minimum absolute atomic E-state index is 0.0516. The molecule has 1 heterocycles. The van der Waals surface area contributed by atoms with Gasteiger partial charge >= 0.3 is 0 Å². The smallest absolute Gasteiger partial charge is 0.256 e. The zero-order valence-corrected chi connectivity index (χ0v) is 12.7. The quantitative estimate of drug-likeness (QED) is 0.883. The average Bonchev–Trinajstić information content (AvgIpc) is 2.73. The Hall–Kier alpha value is -1.84. The summed E-state index contributed by atoms with van der Waals surface area (Å²) in [6, 6.07) is 8.16. The maximum atomic E-state index is 12.3. The number of amides is 1. The lowest BCUT2D eigenvalue weighted by Crippen LogP contribution is -2.40. The van der Waals surface area contributed by atoms with Gasteiger partial charge in [-0.1, -0.05) is 45.0 Å². The van der Waals surface area contributed by atoms with Gasteiger partial charge in [-0.3, -0.25) is 15.1 Å². The summed E-state index contributed by atoms with van der Waals surface area (Å²) in [7, 11) is 0. The summed E-state index contributed by atoms with van der Waals surface area (Å²) in [6.07, 6.45) is 0.998. The van der Waals surface area contributed by atoms with Crippen molar-refractivity contribution in [3.05, 3.63) is 35.4 Å². The number of carbonyl (C=O) groups excluding carboxylic acids is 1. The van der Waals surface area contributed by atoms with Crippen LogP contribution in [0.2, 0.25) is 0 Å². The minimum Gasteiger partial charge on any atom is -0.338 e. The van der Waals surface area contributed by atoms with Crippen molar-refractivity contribution in [2.24, 2.45) is 10.9 Å². The molecule has 1 aromatic carbocycles. The first-order chi connectivity index (χ1) is 9.45. The fourth-order valence-electron chi connectivity index (χ4n) is 2.19. The SMILES string of the molecule is CCc1ccc(C2(C)NC(=NCC(C)C)NC2=O)cc1. The Morgan fingerprint density at radius 3 is 2.45 bits per heavy atom. The van der Waals surface area contributed by atoms with Gasteiger partial charge in [0.15, 0.2) is 5.96 Å². The third kappa shape index (κ3) is 2.84. The van der Waals surface area contributed by atoms with Crippen LogP contribution in [0.3, 0.4) is 0 Å². The molecule has 1 aliphatic heterocycles. The number of guanidine groups is 1. The Morgan fingerprint density at radius 1 is 1.25 bits per heavy atom. The lowest BCUT2D eigenvalue weighted by molar-refractivity contribution is -0.123. The average molecular weight is 273 g/mol. The molecule has 0 radical (unpaired) electrons. The first-order valence-electron chi connectivity index (χ1n) is 7.19. The maximum absolute atomic E-state index is 12.3. The van der Waals surface area contributed by atoms with Crippen LogP contribution >= 0.6 is 0 Å². The van der Waals surface area contributed by atoms with Gasteiger partial charge in [0.05, 0.1) is 0 Å². The second-order valence-electron chi connectivity index (χ2n) is 5.84. The van der Waals surface area contributed by atoms with Crippen molar-refractivity contribution in [3.8, 4) is 0 Å². The van der Waals surface area contributed by atoms with E-state index in [2.05, 4.69) is 48.5 Å². The van der Waals surface area contributed by atoms with Gasteiger partial charge in [-0.05, 0) is 30.4 Å². The Balaban J connectivity index is 2.21. The largest absolute Gasteiger partial charge is 0.338 e. The van der Waals surface area contributed by atoms with Crippen LogP contribution in [0.25, 0.3) is 0 Å². The van der Waals surface area contributed by atoms with Crippen molar-refractivity contribution >= 4 is 11.9 Å². The Morgan fingerprint density at radius 2 is 1.90 bits per heavy atom. The van der Waals surface area contributed by atoms with Gasteiger partial charge in [0.2, 0.25) is 0 Å². The van der Waals surface area contributed by atoms with E-state index in [9.17, 15) is 4.79 Å². The third-order valence-corrected chi connectivity index (χ3v) is 3.61. The number of hydrogen-bond donors (Lipinski definition) is 2. The molecule has 1 aromatic rings. The Kier molecular flexibility index (Phi) is 4.12. The van der Waals surface area contributed by atoms with Crippen LogP contribution in [0, 0.1) is 5.92 Å². The van der Waals surface area contributed by atoms with Gasteiger partial charge in [-0.25, -0.2) is 0 Å². The van der Waals surface area contributed by atoms with Gasteiger partial charge < -0.3 is 5.32 Å². The molecule has 2 N–H and O–H groups in total. The molecule has 0 aromatic heterocycles. The van der Waals surface area contributed by atoms with Crippen LogP contribution in [0.4, 0.5) is 0 Å². The van der Waals surface area contributed by atoms with Crippen molar-refractivity contribution < 1.29 is 4.79 Å². The normalized spacial score (nSPS) is 24.1. The molecule has 2 rings (SSSR count). The number of hydrogen-bond acceptors (Lipinski definition) is 2. The van der Waals surface area contributed by atoms with E-state index in [1.807, 2.05) is 19.1 Å². The maximum Gasteiger partial charge on any atom is 0.256 e. The summed E-state index contributed by atoms with van der Waals surface area (Å²) >= 11 is 0. The number of aliphatic imine (C=N–C) groups is 1. The highest BCUT2D eigenvalue weighted by Crippen LogP contribution is 2.24. The lowest BCUT2D eigenvalue weighted by atomic mass is 9.91. The number of benzene rings is 1. The molecule has 1 amide bonds. The standard InChI is InChI=1S/C16H23N3O/c1-5-12-6-8-13(9-7-12)16(4)14(20)18-15(19-16)17-10-11(2)3/h6-9,11H,5,10H2,1-4H3,(H2,17,18,19,20). The summed E-state index contributed by atoms with van der Waals surface area (Å²) in [5.74, 6) is 0.993. The van der Waals surface area contributed by atoms with Crippen LogP contribution in [0.1, 0.15) is 38.8 Å². The van der Waals surface area contributed by atoms with Gasteiger partial charge in [-0.2, -0.15) is 0 Å². The van der Waals surface area contributed by atoms with Gasteiger partial charge in [0.1, 0.15) is 5.54 Å². The highest BCUT2D eigenvalue weighted by Gasteiger charge is 2.42. The summed E-state index contributed by atoms with van der Waals surface area (Å²) in [4.78, 5) is 16.7. The van der Waals surface area contributed by atoms with E-state index in [0.717, 1.165) is 12.0 Å². The lowest BCUT2D eigenvalue weighted by Gasteiger charge is -2.21. The van der Waals surface area contributed by atoms with E-state index < -0.39 is 5.54 Å². The van der Waals surface area contributed by atoms with Gasteiger partial charge in [-0.15, -0.1) is 0 Å². The molecule has 1 fully saturated rings. The molecule has 0 spiro atoms. The van der Waals surface area contributed by atoms with E-state index in [0.29, 0.717) is 18.4 Å². The van der Waals surface area contributed by atoms with Crippen molar-refractivity contribution in [3.63, 3.8) is 0 Å². The van der Waals surface area contributed by atoms with Crippen LogP contribution in [0.15, 0.2) is 29.3 Å². The summed E-state index contributed by atoms with van der Waals surface area (Å²) < 4.78 is 0. The number of carbonyl (C=O) groups is 1. The fourth-order valence-corrected chi connectivity index (χ4v) is 2.19. The molecular weight excluding hydrogens is 250 g/mol. The third-order valence-electron chi connectivity index (χ3n) is 3.61. The first-order valence-corrected chi connectivity index (χ1v) is 7.19. The Bertz CT molecular complexity index is 519. The molecular formula is C16H23N3O. The van der Waals surface area contributed by atoms with Gasteiger partial charge in [0, 0.05) is 6.54 Å². The van der Waals surface area contributed by atoms with Crippen molar-refractivity contribution in [1.29, 1.82) is 0 Å². The van der Waals surface area contributed by atoms with Crippen molar-refractivity contribution in [1.82, 2.24) is 10.6 Å². The predicted molar refractivity (Wildman–Crippen MR) is 81.6 cm³/mol. The Labute approximate surface area is 120 Å².